The summed E-state index contributed by atoms with van der Waals surface area (Å²) in [6, 6.07) is 2.30. The second-order valence-corrected chi connectivity index (χ2v) is 7.65. The van der Waals surface area contributed by atoms with Crippen LogP contribution in [0.4, 0.5) is 24.5 Å². The number of rotatable bonds is 2. The number of nitro benzene ring substituents is 1. The highest BCUT2D eigenvalue weighted by Gasteiger charge is 2.72. The van der Waals surface area contributed by atoms with E-state index in [-0.39, 0.29) is 17.5 Å². The Balaban J connectivity index is 1.56. The van der Waals surface area contributed by atoms with E-state index in [4.69, 9.17) is 0 Å². The van der Waals surface area contributed by atoms with Gasteiger partial charge in [0.05, 0.1) is 22.4 Å². The van der Waals surface area contributed by atoms with Crippen LogP contribution in [-0.4, -0.2) is 16.7 Å². The fourth-order valence-electron chi connectivity index (χ4n) is 5.63. The van der Waals surface area contributed by atoms with Crippen LogP contribution in [0, 0.1) is 45.6 Å². The Bertz CT molecular complexity index is 851. The first-order valence-electron chi connectivity index (χ1n) is 8.43. The minimum atomic E-state index is -4.96. The molecule has 5 rings (SSSR count). The SMILES string of the molecule is O=C1[C@@H]2[C@@H]3C[C@@H]([C@@H]4C[C@@H]43)[C@@H]2C(=O)N1c1ccc([N+](=O)[O-])c(C(F)(F)F)c1. The lowest BCUT2D eigenvalue weighted by Gasteiger charge is -2.19. The van der Waals surface area contributed by atoms with E-state index >= 15 is 0 Å². The van der Waals surface area contributed by atoms with Gasteiger partial charge in [-0.2, -0.15) is 13.2 Å². The van der Waals surface area contributed by atoms with Crippen LogP contribution in [0.25, 0.3) is 0 Å². The molecule has 4 fully saturated rings. The first-order chi connectivity index (χ1) is 12.2. The highest BCUT2D eigenvalue weighted by atomic mass is 19.4. The summed E-state index contributed by atoms with van der Waals surface area (Å²) in [5.41, 5.74) is -2.79. The first kappa shape index (κ1) is 15.8. The van der Waals surface area contributed by atoms with Crippen LogP contribution in [0.5, 0.6) is 0 Å². The first-order valence-corrected chi connectivity index (χ1v) is 8.43. The standard InChI is InChI=1S/C17H13F3N2O4/c18-17(19,20)11-3-6(1-2-12(11)22(25)26)21-15(23)13-9-5-10(8-4-7(8)9)14(13)16(21)24/h1-3,7-10,13-14H,4-5H2/t7-,8+,9+,10-,13+,14-. The molecular formula is C17H13F3N2O4. The second-order valence-electron chi connectivity index (χ2n) is 7.65. The summed E-state index contributed by atoms with van der Waals surface area (Å²) in [5.74, 6) is -0.560. The number of fused-ring (bicyclic) bond motifs is 8. The van der Waals surface area contributed by atoms with Crippen LogP contribution in [-0.2, 0) is 15.8 Å². The zero-order valence-corrected chi connectivity index (χ0v) is 13.3. The number of hydrogen-bond donors (Lipinski definition) is 0. The van der Waals surface area contributed by atoms with E-state index in [9.17, 15) is 32.9 Å². The summed E-state index contributed by atoms with van der Waals surface area (Å²) in [6.45, 7) is 0. The number of hydrogen-bond acceptors (Lipinski definition) is 4. The number of alkyl halides is 3. The number of imide groups is 1. The molecular weight excluding hydrogens is 353 g/mol. The molecule has 2 amide bonds. The van der Waals surface area contributed by atoms with Crippen molar-refractivity contribution in [2.24, 2.45) is 35.5 Å². The van der Waals surface area contributed by atoms with Crippen LogP contribution >= 0.6 is 0 Å². The summed E-state index contributed by atoms with van der Waals surface area (Å²) in [4.78, 5) is 36.2. The molecule has 6 atom stereocenters. The summed E-state index contributed by atoms with van der Waals surface area (Å²) in [5, 5.41) is 10.9. The minimum Gasteiger partial charge on any atom is -0.274 e. The Morgan fingerprint density at radius 3 is 2.04 bits per heavy atom. The van der Waals surface area contributed by atoms with E-state index in [2.05, 4.69) is 0 Å². The van der Waals surface area contributed by atoms with Gasteiger partial charge in [0, 0.05) is 6.07 Å². The molecule has 9 heteroatoms. The lowest BCUT2D eigenvalue weighted by molar-refractivity contribution is -0.388. The van der Waals surface area contributed by atoms with Crippen molar-refractivity contribution in [1.82, 2.24) is 0 Å². The van der Waals surface area contributed by atoms with Gasteiger partial charge in [-0.15, -0.1) is 0 Å². The second kappa shape index (κ2) is 4.63. The number of halogens is 3. The zero-order valence-electron chi connectivity index (χ0n) is 13.3. The summed E-state index contributed by atoms with van der Waals surface area (Å²) < 4.78 is 39.6. The van der Waals surface area contributed by atoms with Gasteiger partial charge in [-0.1, -0.05) is 0 Å². The number of carbonyl (C=O) groups is 2. The molecule has 1 saturated heterocycles. The number of amides is 2. The monoisotopic (exact) mass is 366 g/mol. The van der Waals surface area contributed by atoms with Crippen LogP contribution < -0.4 is 4.90 Å². The number of carbonyl (C=O) groups excluding carboxylic acids is 2. The Morgan fingerprint density at radius 2 is 1.54 bits per heavy atom. The van der Waals surface area contributed by atoms with Gasteiger partial charge in [-0.05, 0) is 48.6 Å². The van der Waals surface area contributed by atoms with Crippen molar-refractivity contribution in [2.75, 3.05) is 4.90 Å². The molecule has 0 unspecified atom stereocenters. The smallest absolute Gasteiger partial charge is 0.274 e. The van der Waals surface area contributed by atoms with Gasteiger partial charge in [0.1, 0.15) is 5.56 Å². The number of anilines is 1. The third kappa shape index (κ3) is 1.83. The molecule has 136 valence electrons. The van der Waals surface area contributed by atoms with Crippen molar-refractivity contribution < 1.29 is 27.7 Å². The predicted molar refractivity (Wildman–Crippen MR) is 80.8 cm³/mol. The summed E-state index contributed by atoms with van der Waals surface area (Å²) in [6.07, 6.45) is -3.07. The highest BCUT2D eigenvalue weighted by Crippen LogP contribution is 2.71. The Hall–Kier alpha value is -2.45. The molecule has 4 aliphatic rings. The van der Waals surface area contributed by atoms with Crippen molar-refractivity contribution in [1.29, 1.82) is 0 Å². The van der Waals surface area contributed by atoms with Gasteiger partial charge in [-0.3, -0.25) is 24.6 Å². The van der Waals surface area contributed by atoms with E-state index in [0.717, 1.165) is 23.8 Å². The average molecular weight is 366 g/mol. The van der Waals surface area contributed by atoms with E-state index in [0.29, 0.717) is 24.0 Å². The fourth-order valence-corrected chi connectivity index (χ4v) is 5.63. The van der Waals surface area contributed by atoms with E-state index in [1.165, 1.54) is 0 Å². The number of nitro groups is 1. The topological polar surface area (TPSA) is 80.5 Å². The Labute approximate surface area is 145 Å². The van der Waals surface area contributed by atoms with Gasteiger partial charge in [0.15, 0.2) is 0 Å². The average Bonchev–Trinajstić information content (AvgIpc) is 3.07. The maximum Gasteiger partial charge on any atom is 0.423 e. The predicted octanol–water partition coefficient (Wildman–Crippen LogP) is 3.01. The normalized spacial score (nSPS) is 37.1. The van der Waals surface area contributed by atoms with Gasteiger partial charge < -0.3 is 0 Å². The van der Waals surface area contributed by atoms with E-state index in [1.807, 2.05) is 0 Å². The molecule has 0 spiro atoms. The van der Waals surface area contributed by atoms with Crippen LogP contribution in [0.2, 0.25) is 0 Å². The zero-order chi connectivity index (χ0) is 18.5. The third-order valence-corrected chi connectivity index (χ3v) is 6.60. The molecule has 0 aromatic heterocycles. The minimum absolute atomic E-state index is 0.150. The lowest BCUT2D eigenvalue weighted by atomic mass is 9.81. The van der Waals surface area contributed by atoms with Gasteiger partial charge in [0.25, 0.3) is 5.69 Å². The van der Waals surface area contributed by atoms with Crippen LogP contribution in [0.15, 0.2) is 18.2 Å². The molecule has 1 aliphatic heterocycles. The third-order valence-electron chi connectivity index (χ3n) is 6.60. The largest absolute Gasteiger partial charge is 0.423 e. The molecule has 3 aliphatic carbocycles. The van der Waals surface area contributed by atoms with Crippen molar-refractivity contribution in [2.45, 2.75) is 19.0 Å². The van der Waals surface area contributed by atoms with Crippen molar-refractivity contribution in [3.05, 3.63) is 33.9 Å². The van der Waals surface area contributed by atoms with E-state index in [1.54, 1.807) is 0 Å². The molecule has 3 saturated carbocycles. The summed E-state index contributed by atoms with van der Waals surface area (Å²) in [7, 11) is 0. The number of benzene rings is 1. The maximum absolute atomic E-state index is 13.2. The van der Waals surface area contributed by atoms with Gasteiger partial charge >= 0.3 is 6.18 Å². The molecule has 6 nitrogen and oxygen atoms in total. The van der Waals surface area contributed by atoms with E-state index < -0.39 is 46.0 Å². The van der Waals surface area contributed by atoms with Crippen molar-refractivity contribution >= 4 is 23.2 Å². The molecule has 2 bridgehead atoms. The van der Waals surface area contributed by atoms with Gasteiger partial charge in [0.2, 0.25) is 11.8 Å². The fraction of sp³-hybridized carbons (Fsp3) is 0.529. The van der Waals surface area contributed by atoms with Gasteiger partial charge in [-0.25, -0.2) is 0 Å². The summed E-state index contributed by atoms with van der Waals surface area (Å²) >= 11 is 0. The molecule has 1 aromatic rings. The molecule has 0 radical (unpaired) electrons. The Morgan fingerprint density at radius 1 is 1.00 bits per heavy atom. The lowest BCUT2D eigenvalue weighted by Crippen LogP contribution is -2.33. The molecule has 26 heavy (non-hydrogen) atoms. The molecule has 1 heterocycles. The molecule has 0 N–H and O–H groups in total. The quantitative estimate of drug-likeness (QED) is 0.458. The highest BCUT2D eigenvalue weighted by molar-refractivity contribution is 6.22. The maximum atomic E-state index is 13.2. The molecule has 1 aromatic carbocycles. The number of nitrogens with zero attached hydrogens (tertiary/aromatic N) is 2. The van der Waals surface area contributed by atoms with Crippen LogP contribution in [0.1, 0.15) is 18.4 Å². The van der Waals surface area contributed by atoms with Crippen LogP contribution in [0.3, 0.4) is 0 Å². The van der Waals surface area contributed by atoms with Crippen molar-refractivity contribution in [3.63, 3.8) is 0 Å². The Kier molecular flexibility index (Phi) is 2.81. The van der Waals surface area contributed by atoms with Crippen molar-refractivity contribution in [3.8, 4) is 0 Å².